The molecule has 0 atom stereocenters. The molecular formula is C17H23N3O. The first-order valence-electron chi connectivity index (χ1n) is 7.33. The van der Waals surface area contributed by atoms with Gasteiger partial charge in [-0.3, -0.25) is 0 Å². The van der Waals surface area contributed by atoms with Gasteiger partial charge < -0.3 is 10.1 Å². The number of nitrogens with one attached hydrogen (secondary N) is 1. The molecule has 0 saturated carbocycles. The number of aryl methyl sites for hydroxylation is 1. The molecular weight excluding hydrogens is 262 g/mol. The molecule has 0 fully saturated rings. The monoisotopic (exact) mass is 285 g/mol. The minimum atomic E-state index is 0.348. The minimum Gasteiger partial charge on any atom is -0.496 e. The van der Waals surface area contributed by atoms with Crippen molar-refractivity contribution in [1.29, 1.82) is 0 Å². The first-order chi connectivity index (χ1) is 10.0. The second-order valence-electron chi connectivity index (χ2n) is 5.39. The molecule has 0 radical (unpaired) electrons. The average Bonchev–Trinajstić information content (AvgIpc) is 2.47. The molecule has 21 heavy (non-hydrogen) atoms. The van der Waals surface area contributed by atoms with E-state index < -0.39 is 0 Å². The van der Waals surface area contributed by atoms with Gasteiger partial charge in [-0.05, 0) is 37.5 Å². The molecule has 2 aromatic rings. The van der Waals surface area contributed by atoms with Crippen molar-refractivity contribution in [2.24, 2.45) is 0 Å². The lowest BCUT2D eigenvalue weighted by Gasteiger charge is -2.13. The van der Waals surface area contributed by atoms with Crippen LogP contribution in [0.5, 0.6) is 5.75 Å². The van der Waals surface area contributed by atoms with E-state index in [0.717, 1.165) is 34.9 Å². The quantitative estimate of drug-likeness (QED) is 0.901. The van der Waals surface area contributed by atoms with Crippen LogP contribution in [0.15, 0.2) is 24.3 Å². The molecule has 4 heteroatoms. The van der Waals surface area contributed by atoms with Crippen molar-refractivity contribution < 1.29 is 4.74 Å². The summed E-state index contributed by atoms with van der Waals surface area (Å²) in [6, 6.07) is 8.09. The standard InChI is InChI=1S/C17H23N3O/c1-6-18-16-10-14(11(2)3)19-17(20-16)13-8-7-12(4)9-15(13)21-5/h7-11H,6H2,1-5H3,(H,18,19,20). The lowest BCUT2D eigenvalue weighted by molar-refractivity contribution is 0.416. The Kier molecular flexibility index (Phi) is 4.78. The van der Waals surface area contributed by atoms with Crippen LogP contribution in [0, 0.1) is 6.92 Å². The van der Waals surface area contributed by atoms with Gasteiger partial charge >= 0.3 is 0 Å². The summed E-state index contributed by atoms with van der Waals surface area (Å²) >= 11 is 0. The normalized spacial score (nSPS) is 10.8. The fourth-order valence-electron chi connectivity index (χ4n) is 2.14. The van der Waals surface area contributed by atoms with E-state index in [4.69, 9.17) is 9.72 Å². The smallest absolute Gasteiger partial charge is 0.165 e. The van der Waals surface area contributed by atoms with E-state index in [1.165, 1.54) is 0 Å². The van der Waals surface area contributed by atoms with Gasteiger partial charge in [-0.1, -0.05) is 19.9 Å². The van der Waals surface area contributed by atoms with Crippen molar-refractivity contribution in [1.82, 2.24) is 9.97 Å². The Labute approximate surface area is 126 Å². The second-order valence-corrected chi connectivity index (χ2v) is 5.39. The maximum Gasteiger partial charge on any atom is 0.165 e. The lowest BCUT2D eigenvalue weighted by Crippen LogP contribution is -2.05. The molecule has 1 heterocycles. The Morgan fingerprint density at radius 2 is 1.95 bits per heavy atom. The van der Waals surface area contributed by atoms with Gasteiger partial charge in [-0.25, -0.2) is 9.97 Å². The third-order valence-electron chi connectivity index (χ3n) is 3.29. The predicted molar refractivity (Wildman–Crippen MR) is 87.0 cm³/mol. The number of rotatable bonds is 5. The van der Waals surface area contributed by atoms with Crippen LogP contribution in [-0.2, 0) is 0 Å². The van der Waals surface area contributed by atoms with Crippen LogP contribution >= 0.6 is 0 Å². The molecule has 0 aliphatic carbocycles. The molecule has 0 saturated heterocycles. The van der Waals surface area contributed by atoms with E-state index in [0.29, 0.717) is 11.7 Å². The van der Waals surface area contributed by atoms with Gasteiger partial charge in [0.1, 0.15) is 11.6 Å². The number of hydrogen-bond acceptors (Lipinski definition) is 4. The zero-order valence-electron chi connectivity index (χ0n) is 13.4. The molecule has 4 nitrogen and oxygen atoms in total. The summed E-state index contributed by atoms with van der Waals surface area (Å²) in [5, 5.41) is 3.27. The van der Waals surface area contributed by atoms with Crippen LogP contribution in [0.1, 0.15) is 37.9 Å². The molecule has 1 N–H and O–H groups in total. The van der Waals surface area contributed by atoms with E-state index in [1.807, 2.05) is 25.1 Å². The number of anilines is 1. The summed E-state index contributed by atoms with van der Waals surface area (Å²) in [5.74, 6) is 2.71. The first kappa shape index (κ1) is 15.3. The lowest BCUT2D eigenvalue weighted by atomic mass is 10.1. The van der Waals surface area contributed by atoms with E-state index in [-0.39, 0.29) is 0 Å². The van der Waals surface area contributed by atoms with Crippen LogP contribution in [0.2, 0.25) is 0 Å². The zero-order chi connectivity index (χ0) is 15.4. The third-order valence-corrected chi connectivity index (χ3v) is 3.29. The molecule has 112 valence electrons. The van der Waals surface area contributed by atoms with Crippen molar-refractivity contribution in [2.45, 2.75) is 33.6 Å². The highest BCUT2D eigenvalue weighted by Crippen LogP contribution is 2.30. The van der Waals surface area contributed by atoms with Gasteiger partial charge in [0.15, 0.2) is 5.82 Å². The van der Waals surface area contributed by atoms with Gasteiger partial charge in [0.05, 0.1) is 12.7 Å². The van der Waals surface area contributed by atoms with E-state index in [2.05, 4.69) is 37.1 Å². The highest BCUT2D eigenvalue weighted by atomic mass is 16.5. The Bertz CT molecular complexity index is 623. The number of benzene rings is 1. The van der Waals surface area contributed by atoms with Crippen LogP contribution < -0.4 is 10.1 Å². The molecule has 1 aromatic heterocycles. The highest BCUT2D eigenvalue weighted by molar-refractivity contribution is 5.66. The summed E-state index contributed by atoms with van der Waals surface area (Å²) in [6.45, 7) is 9.20. The van der Waals surface area contributed by atoms with E-state index >= 15 is 0 Å². The average molecular weight is 285 g/mol. The Balaban J connectivity index is 2.57. The second kappa shape index (κ2) is 6.57. The molecule has 1 aromatic carbocycles. The molecule has 0 aliphatic rings. The topological polar surface area (TPSA) is 47.0 Å². The van der Waals surface area contributed by atoms with Gasteiger partial charge in [0.25, 0.3) is 0 Å². The molecule has 0 aliphatic heterocycles. The molecule has 0 bridgehead atoms. The van der Waals surface area contributed by atoms with Crippen LogP contribution in [0.25, 0.3) is 11.4 Å². The molecule has 0 spiro atoms. The number of nitrogens with zero attached hydrogens (tertiary/aromatic N) is 2. The van der Waals surface area contributed by atoms with Crippen molar-refractivity contribution in [3.63, 3.8) is 0 Å². The maximum absolute atomic E-state index is 5.48. The van der Waals surface area contributed by atoms with Crippen LogP contribution in [0.3, 0.4) is 0 Å². The van der Waals surface area contributed by atoms with Gasteiger partial charge in [-0.15, -0.1) is 0 Å². The Hall–Kier alpha value is -2.10. The summed E-state index contributed by atoms with van der Waals surface area (Å²) in [5.41, 5.74) is 3.10. The van der Waals surface area contributed by atoms with Crippen LogP contribution in [0.4, 0.5) is 5.82 Å². The van der Waals surface area contributed by atoms with Gasteiger partial charge in [0, 0.05) is 18.3 Å². The predicted octanol–water partition coefficient (Wildman–Crippen LogP) is 4.02. The van der Waals surface area contributed by atoms with Gasteiger partial charge in [-0.2, -0.15) is 0 Å². The number of aromatic nitrogens is 2. The summed E-state index contributed by atoms with van der Waals surface area (Å²) in [4.78, 5) is 9.30. The summed E-state index contributed by atoms with van der Waals surface area (Å²) < 4.78 is 5.48. The number of methoxy groups -OCH3 is 1. The van der Waals surface area contributed by atoms with E-state index in [9.17, 15) is 0 Å². The van der Waals surface area contributed by atoms with Crippen molar-refractivity contribution in [3.05, 3.63) is 35.5 Å². The Morgan fingerprint density at radius 3 is 2.57 bits per heavy atom. The molecule has 0 amide bonds. The van der Waals surface area contributed by atoms with Crippen molar-refractivity contribution >= 4 is 5.82 Å². The third kappa shape index (κ3) is 3.51. The summed E-state index contributed by atoms with van der Waals surface area (Å²) in [6.07, 6.45) is 0. The Morgan fingerprint density at radius 1 is 1.19 bits per heavy atom. The first-order valence-corrected chi connectivity index (χ1v) is 7.33. The SMILES string of the molecule is CCNc1cc(C(C)C)nc(-c2ccc(C)cc2OC)n1. The zero-order valence-corrected chi connectivity index (χ0v) is 13.4. The van der Waals surface area contributed by atoms with E-state index in [1.54, 1.807) is 7.11 Å². The number of ether oxygens (including phenoxy) is 1. The minimum absolute atomic E-state index is 0.348. The molecule has 0 unspecified atom stereocenters. The maximum atomic E-state index is 5.48. The van der Waals surface area contributed by atoms with Crippen molar-refractivity contribution in [2.75, 3.05) is 19.0 Å². The fraction of sp³-hybridized carbons (Fsp3) is 0.412. The van der Waals surface area contributed by atoms with Gasteiger partial charge in [0.2, 0.25) is 0 Å². The summed E-state index contributed by atoms with van der Waals surface area (Å²) in [7, 11) is 1.68. The molecule has 2 rings (SSSR count). The largest absolute Gasteiger partial charge is 0.496 e. The van der Waals surface area contributed by atoms with Crippen molar-refractivity contribution in [3.8, 4) is 17.1 Å². The number of hydrogen-bond donors (Lipinski definition) is 1. The fourth-order valence-corrected chi connectivity index (χ4v) is 2.14. The highest BCUT2D eigenvalue weighted by Gasteiger charge is 2.13. The van der Waals surface area contributed by atoms with Crippen LogP contribution in [-0.4, -0.2) is 23.6 Å².